The molecule has 0 fully saturated rings. The van der Waals surface area contributed by atoms with Crippen LogP contribution in [0.5, 0.6) is 0 Å². The molecule has 0 N–H and O–H groups in total. The Kier molecular flexibility index (Phi) is 8.91. The normalized spacial score (nSPS) is 13.2. The minimum atomic E-state index is 0.819. The van der Waals surface area contributed by atoms with E-state index in [9.17, 15) is 0 Å². The molecule has 5 heterocycles. The van der Waals surface area contributed by atoms with Gasteiger partial charge in [-0.15, -0.1) is 5.73 Å². The fourth-order valence-electron chi connectivity index (χ4n) is 11.8. The molecule has 0 amide bonds. The Labute approximate surface area is 415 Å². The van der Waals surface area contributed by atoms with Gasteiger partial charge in [0.2, 0.25) is 0 Å². The monoisotopic (exact) mass is 917 g/mol. The second-order valence-electron chi connectivity index (χ2n) is 18.8. The van der Waals surface area contributed by atoms with Gasteiger partial charge in [0.1, 0.15) is 0 Å². The summed E-state index contributed by atoms with van der Waals surface area (Å²) >= 11 is 0. The number of fused-ring (bicyclic) bond motifs is 13. The summed E-state index contributed by atoms with van der Waals surface area (Å²) < 4.78 is 7.34. The second-order valence-corrected chi connectivity index (χ2v) is 18.8. The van der Waals surface area contributed by atoms with Crippen LogP contribution in [0.4, 0.5) is 11.4 Å². The SMILES string of the molecule is C1=CC=CC(N2c3ccccc3Cc3c2ccc2c4ccccc4n(-c4cccc(-c5cccc(-c6cccc(-n7c8ccccc8c8ccc9c(c%10ccccc%10n9-c9ccccc9)c87)c6)n5)c4)c32)=CC=1. The van der Waals surface area contributed by atoms with Gasteiger partial charge in [0.05, 0.1) is 50.2 Å². The van der Waals surface area contributed by atoms with Gasteiger partial charge in [0.25, 0.3) is 0 Å². The zero-order valence-corrected chi connectivity index (χ0v) is 39.1. The van der Waals surface area contributed by atoms with E-state index in [-0.39, 0.29) is 0 Å². The first-order chi connectivity index (χ1) is 35.7. The quantitative estimate of drug-likeness (QED) is 0.156. The van der Waals surface area contributed by atoms with Crippen LogP contribution in [-0.4, -0.2) is 18.7 Å². The third-order valence-electron chi connectivity index (χ3n) is 14.9. The Hall–Kier alpha value is -9.67. The lowest BCUT2D eigenvalue weighted by Gasteiger charge is -2.34. The highest BCUT2D eigenvalue weighted by Crippen LogP contribution is 2.48. The van der Waals surface area contributed by atoms with Crippen molar-refractivity contribution in [2.75, 3.05) is 4.90 Å². The summed E-state index contributed by atoms with van der Waals surface area (Å²) in [5, 5.41) is 7.40. The van der Waals surface area contributed by atoms with E-state index in [0.29, 0.717) is 0 Å². The molecule has 1 aliphatic carbocycles. The summed E-state index contributed by atoms with van der Waals surface area (Å²) in [5.41, 5.74) is 23.8. The zero-order valence-electron chi connectivity index (χ0n) is 39.1. The fraction of sp³-hybridized carbons (Fsp3) is 0.0149. The van der Waals surface area contributed by atoms with Gasteiger partial charge < -0.3 is 18.6 Å². The number of nitrogens with zero attached hydrogens (tertiary/aromatic N) is 5. The van der Waals surface area contributed by atoms with Crippen molar-refractivity contribution in [3.63, 3.8) is 0 Å². The number of rotatable bonds is 6. The summed E-state index contributed by atoms with van der Waals surface area (Å²) in [7, 11) is 0. The van der Waals surface area contributed by atoms with Crippen LogP contribution < -0.4 is 4.90 Å². The topological polar surface area (TPSA) is 30.9 Å². The van der Waals surface area contributed by atoms with Crippen molar-refractivity contribution in [2.24, 2.45) is 0 Å². The Balaban J connectivity index is 0.871. The first kappa shape index (κ1) is 40.2. The lowest BCUT2D eigenvalue weighted by Crippen LogP contribution is -2.22. The number of allylic oxidation sites excluding steroid dienone is 4. The molecule has 15 rings (SSSR count). The highest BCUT2D eigenvalue weighted by Gasteiger charge is 2.29. The minimum Gasteiger partial charge on any atom is -0.310 e. The van der Waals surface area contributed by atoms with Gasteiger partial charge in [-0.2, -0.15) is 0 Å². The van der Waals surface area contributed by atoms with Crippen molar-refractivity contribution in [3.8, 4) is 39.6 Å². The Morgan fingerprint density at radius 2 is 0.986 bits per heavy atom. The molecule has 4 aromatic heterocycles. The van der Waals surface area contributed by atoms with E-state index in [1.165, 1.54) is 87.9 Å². The molecule has 0 saturated heterocycles. The van der Waals surface area contributed by atoms with Gasteiger partial charge in [-0.1, -0.05) is 140 Å². The molecule has 0 unspecified atom stereocenters. The standard InChI is InChI=1S/C67H43N5/c1-2-5-23-47(22-4-1)69-59-33-12-8-19-46(59)43-56-63(69)39-37-53-51-28-9-13-34-60(51)71(66(53)56)49-26-16-20-44(41-49)57-31-18-32-58(68-57)45-21-17-27-50(42-45)72-61-35-14-10-29-52(61)54-38-40-64-65(67(54)72)55-30-11-15-36-62(55)70(64)48-24-6-3-7-25-48/h1,3-42H,43H2. The molecule has 72 heavy (non-hydrogen) atoms. The maximum Gasteiger partial charge on any atom is 0.0710 e. The number of hydrogen-bond acceptors (Lipinski definition) is 2. The minimum absolute atomic E-state index is 0.819. The van der Waals surface area contributed by atoms with Crippen molar-refractivity contribution in [2.45, 2.75) is 6.42 Å². The molecule has 5 nitrogen and oxygen atoms in total. The number of pyridine rings is 1. The smallest absolute Gasteiger partial charge is 0.0710 e. The Bertz CT molecular complexity index is 4530. The average Bonchev–Trinajstić information content (AvgIpc) is 4.00. The summed E-state index contributed by atoms with van der Waals surface area (Å²) in [6.45, 7) is 0. The van der Waals surface area contributed by atoms with Crippen LogP contribution >= 0.6 is 0 Å². The number of anilines is 2. The highest BCUT2D eigenvalue weighted by molar-refractivity contribution is 6.26. The molecule has 13 aromatic rings. The van der Waals surface area contributed by atoms with Crippen LogP contribution in [0.1, 0.15) is 11.1 Å². The largest absolute Gasteiger partial charge is 0.310 e. The fourth-order valence-corrected chi connectivity index (χ4v) is 11.8. The molecule has 1 aliphatic heterocycles. The van der Waals surface area contributed by atoms with Gasteiger partial charge in [0.15, 0.2) is 0 Å². The average molecular weight is 918 g/mol. The maximum absolute atomic E-state index is 5.45. The summed E-state index contributed by atoms with van der Waals surface area (Å²) in [6.07, 6.45) is 11.2. The molecule has 0 atom stereocenters. The Morgan fingerprint density at radius 1 is 0.403 bits per heavy atom. The van der Waals surface area contributed by atoms with Gasteiger partial charge in [-0.25, -0.2) is 4.98 Å². The van der Waals surface area contributed by atoms with Crippen LogP contribution in [0, 0.1) is 0 Å². The van der Waals surface area contributed by atoms with Gasteiger partial charge >= 0.3 is 0 Å². The molecule has 2 aliphatic rings. The summed E-state index contributed by atoms with van der Waals surface area (Å²) in [6, 6.07) is 79.4. The van der Waals surface area contributed by atoms with E-state index >= 15 is 0 Å². The van der Waals surface area contributed by atoms with Crippen molar-refractivity contribution in [1.82, 2.24) is 18.7 Å². The molecular formula is C67H43N5. The van der Waals surface area contributed by atoms with Gasteiger partial charge in [0, 0.05) is 83.9 Å². The van der Waals surface area contributed by atoms with E-state index in [1.807, 2.05) is 12.2 Å². The predicted octanol–water partition coefficient (Wildman–Crippen LogP) is 16.9. The third-order valence-corrected chi connectivity index (χ3v) is 14.9. The summed E-state index contributed by atoms with van der Waals surface area (Å²) in [5.74, 6) is 0. The molecule has 0 spiro atoms. The second kappa shape index (κ2) is 15.9. The van der Waals surface area contributed by atoms with E-state index in [4.69, 9.17) is 4.98 Å². The van der Waals surface area contributed by atoms with Crippen molar-refractivity contribution < 1.29 is 0 Å². The van der Waals surface area contributed by atoms with Crippen LogP contribution in [0.2, 0.25) is 0 Å². The number of hydrogen-bond donors (Lipinski definition) is 0. The molecule has 336 valence electrons. The van der Waals surface area contributed by atoms with E-state index in [2.05, 4.69) is 261 Å². The molecule has 5 heteroatoms. The van der Waals surface area contributed by atoms with E-state index in [1.54, 1.807) is 0 Å². The highest BCUT2D eigenvalue weighted by atomic mass is 15.2. The van der Waals surface area contributed by atoms with Crippen molar-refractivity contribution in [1.29, 1.82) is 0 Å². The third kappa shape index (κ3) is 6.05. The molecular weight excluding hydrogens is 875 g/mol. The Morgan fingerprint density at radius 3 is 1.72 bits per heavy atom. The summed E-state index contributed by atoms with van der Waals surface area (Å²) in [4.78, 5) is 7.86. The van der Waals surface area contributed by atoms with Crippen LogP contribution in [0.3, 0.4) is 0 Å². The van der Waals surface area contributed by atoms with Gasteiger partial charge in [-0.3, -0.25) is 0 Å². The molecule has 0 saturated carbocycles. The number of benzene rings is 9. The maximum atomic E-state index is 5.45. The van der Waals surface area contributed by atoms with E-state index < -0.39 is 0 Å². The first-order valence-corrected chi connectivity index (χ1v) is 24.7. The molecule has 0 bridgehead atoms. The van der Waals surface area contributed by atoms with Crippen molar-refractivity contribution >= 4 is 76.8 Å². The molecule has 9 aromatic carbocycles. The molecule has 0 radical (unpaired) electrons. The zero-order chi connectivity index (χ0) is 47.3. The number of aromatic nitrogens is 4. The lowest BCUT2D eigenvalue weighted by atomic mass is 9.92. The van der Waals surface area contributed by atoms with Crippen molar-refractivity contribution in [3.05, 3.63) is 271 Å². The lowest BCUT2D eigenvalue weighted by molar-refractivity contribution is 1.05. The predicted molar refractivity (Wildman–Crippen MR) is 299 cm³/mol. The first-order valence-electron chi connectivity index (χ1n) is 24.7. The van der Waals surface area contributed by atoms with E-state index in [0.717, 1.165) is 51.7 Å². The van der Waals surface area contributed by atoms with Gasteiger partial charge in [-0.05, 0) is 115 Å². The van der Waals surface area contributed by atoms with Crippen LogP contribution in [-0.2, 0) is 6.42 Å². The van der Waals surface area contributed by atoms with Crippen LogP contribution in [0.25, 0.3) is 105 Å². The number of para-hydroxylation sites is 5. The van der Waals surface area contributed by atoms with Crippen LogP contribution in [0.15, 0.2) is 260 Å².